The normalized spacial score (nSPS) is 19.1. The van der Waals surface area contributed by atoms with E-state index in [2.05, 4.69) is 39.5 Å². The molecule has 1 amide bonds. The summed E-state index contributed by atoms with van der Waals surface area (Å²) in [5.41, 5.74) is 5.22. The van der Waals surface area contributed by atoms with Gasteiger partial charge in [0.25, 0.3) is 5.91 Å². The molecule has 29 heavy (non-hydrogen) atoms. The fourth-order valence-electron chi connectivity index (χ4n) is 3.46. The molecular formula is C22H28N4O3+2. The maximum atomic E-state index is 12.1. The molecule has 1 aliphatic heterocycles. The van der Waals surface area contributed by atoms with Crippen molar-refractivity contribution in [3.8, 4) is 0 Å². The Balaban J connectivity index is 1.38. The summed E-state index contributed by atoms with van der Waals surface area (Å²) in [6.07, 6.45) is 1.57. The van der Waals surface area contributed by atoms with Crippen molar-refractivity contribution < 1.29 is 24.1 Å². The predicted molar refractivity (Wildman–Crippen MR) is 110 cm³/mol. The fourth-order valence-corrected chi connectivity index (χ4v) is 3.46. The second-order valence-corrected chi connectivity index (χ2v) is 7.25. The first-order valence-corrected chi connectivity index (χ1v) is 9.85. The van der Waals surface area contributed by atoms with Crippen LogP contribution in [0, 0.1) is 0 Å². The maximum absolute atomic E-state index is 12.1. The van der Waals surface area contributed by atoms with Gasteiger partial charge in [-0.25, -0.2) is 10.2 Å². The molecule has 3 rings (SSSR count). The van der Waals surface area contributed by atoms with Gasteiger partial charge in [-0.1, -0.05) is 42.5 Å². The highest BCUT2D eigenvalue weighted by Gasteiger charge is 2.24. The van der Waals surface area contributed by atoms with E-state index in [-0.39, 0.29) is 11.9 Å². The number of methoxy groups -OCH3 is 1. The number of nitrogens with one attached hydrogen (secondary N) is 3. The zero-order chi connectivity index (χ0) is 20.5. The molecule has 7 heteroatoms. The third-order valence-corrected chi connectivity index (χ3v) is 5.11. The van der Waals surface area contributed by atoms with E-state index in [4.69, 9.17) is 0 Å². The third-order valence-electron chi connectivity index (χ3n) is 5.11. The smallest absolute Gasteiger partial charge is 0.337 e. The lowest BCUT2D eigenvalue weighted by Crippen LogP contribution is -3.28. The van der Waals surface area contributed by atoms with Gasteiger partial charge in [0.2, 0.25) is 0 Å². The van der Waals surface area contributed by atoms with Gasteiger partial charge in [-0.15, -0.1) is 0 Å². The number of piperazine rings is 1. The van der Waals surface area contributed by atoms with E-state index in [1.165, 1.54) is 17.6 Å². The Labute approximate surface area is 171 Å². The van der Waals surface area contributed by atoms with Gasteiger partial charge in [0.05, 0.1) is 18.9 Å². The number of hydrazone groups is 1. The summed E-state index contributed by atoms with van der Waals surface area (Å²) in [6, 6.07) is 17.4. The summed E-state index contributed by atoms with van der Waals surface area (Å²) in [5, 5.41) is 4.01. The summed E-state index contributed by atoms with van der Waals surface area (Å²) in [6.45, 7) is 5.56. The van der Waals surface area contributed by atoms with Gasteiger partial charge in [-0.05, 0) is 17.7 Å². The minimum Gasteiger partial charge on any atom is -0.465 e. The first-order chi connectivity index (χ1) is 14.1. The molecular weight excluding hydrogens is 368 g/mol. The van der Waals surface area contributed by atoms with Crippen LogP contribution in [0.15, 0.2) is 59.7 Å². The lowest BCUT2D eigenvalue weighted by Gasteiger charge is -2.29. The molecule has 0 saturated carbocycles. The largest absolute Gasteiger partial charge is 0.465 e. The minimum atomic E-state index is -0.379. The van der Waals surface area contributed by atoms with Crippen molar-refractivity contribution in [2.24, 2.45) is 5.10 Å². The molecule has 1 fully saturated rings. The third kappa shape index (κ3) is 6.51. The number of hydrogen-bond acceptors (Lipinski definition) is 4. The molecule has 0 spiro atoms. The maximum Gasteiger partial charge on any atom is 0.337 e. The average Bonchev–Trinajstić information content (AvgIpc) is 2.76. The van der Waals surface area contributed by atoms with Gasteiger partial charge in [0.15, 0.2) is 6.54 Å². The molecule has 0 radical (unpaired) electrons. The number of rotatable bonds is 7. The van der Waals surface area contributed by atoms with E-state index in [1.807, 2.05) is 6.07 Å². The van der Waals surface area contributed by atoms with E-state index < -0.39 is 0 Å². The number of carbonyl (C=O) groups is 2. The standard InChI is InChI=1S/C22H26N4O3/c1-29-22(28)20-9-7-18(8-10-20)15-23-24-21(27)17-26-13-11-25(12-14-26)16-19-5-3-2-4-6-19/h2-10,15H,11-14,16-17H2,1H3,(H,24,27)/p+2/b23-15-. The number of carbonyl (C=O) groups excluding carboxylic acids is 2. The predicted octanol–water partition coefficient (Wildman–Crippen LogP) is -1.09. The molecule has 0 unspecified atom stereocenters. The number of esters is 1. The molecule has 152 valence electrons. The van der Waals surface area contributed by atoms with Crippen LogP contribution in [0.5, 0.6) is 0 Å². The first kappa shape index (κ1) is 20.7. The summed E-state index contributed by atoms with van der Waals surface area (Å²) in [7, 11) is 1.35. The molecule has 2 aromatic carbocycles. The molecule has 1 heterocycles. The van der Waals surface area contributed by atoms with Crippen LogP contribution in [-0.4, -0.2) is 57.9 Å². The number of amides is 1. The zero-order valence-corrected chi connectivity index (χ0v) is 16.7. The molecule has 0 aromatic heterocycles. The van der Waals surface area contributed by atoms with Crippen LogP contribution in [0.3, 0.4) is 0 Å². The SMILES string of the molecule is COC(=O)c1ccc(/C=N\NC(=O)C[NH+]2CC[NH+](Cc3ccccc3)CC2)cc1. The number of nitrogens with zero attached hydrogens (tertiary/aromatic N) is 1. The quantitative estimate of drug-likeness (QED) is 0.316. The van der Waals surface area contributed by atoms with Crippen LogP contribution >= 0.6 is 0 Å². The van der Waals surface area contributed by atoms with E-state index in [0.717, 1.165) is 38.3 Å². The monoisotopic (exact) mass is 396 g/mol. The summed E-state index contributed by atoms with van der Waals surface area (Å²) in [4.78, 5) is 26.4. The Morgan fingerprint density at radius 3 is 2.31 bits per heavy atom. The van der Waals surface area contributed by atoms with Crippen LogP contribution < -0.4 is 15.2 Å². The van der Waals surface area contributed by atoms with Gasteiger partial charge in [0.1, 0.15) is 32.7 Å². The lowest BCUT2D eigenvalue weighted by atomic mass is 10.1. The van der Waals surface area contributed by atoms with Crippen molar-refractivity contribution in [1.29, 1.82) is 0 Å². The highest BCUT2D eigenvalue weighted by atomic mass is 16.5. The van der Waals surface area contributed by atoms with Crippen LogP contribution in [0.4, 0.5) is 0 Å². The number of hydrogen-bond donors (Lipinski definition) is 3. The summed E-state index contributed by atoms with van der Waals surface area (Å²) >= 11 is 0. The topological polar surface area (TPSA) is 76.6 Å². The van der Waals surface area contributed by atoms with Gasteiger partial charge in [-0.3, -0.25) is 4.79 Å². The number of benzene rings is 2. The average molecular weight is 396 g/mol. The Kier molecular flexibility index (Phi) is 7.49. The van der Waals surface area contributed by atoms with Crippen molar-refractivity contribution in [3.63, 3.8) is 0 Å². The van der Waals surface area contributed by atoms with E-state index >= 15 is 0 Å². The number of ether oxygens (including phenoxy) is 1. The molecule has 1 saturated heterocycles. The molecule has 0 atom stereocenters. The lowest BCUT2D eigenvalue weighted by molar-refractivity contribution is -1.02. The van der Waals surface area contributed by atoms with Crippen LogP contribution in [-0.2, 0) is 16.1 Å². The van der Waals surface area contributed by atoms with E-state index in [1.54, 1.807) is 35.4 Å². The van der Waals surface area contributed by atoms with Gasteiger partial charge in [-0.2, -0.15) is 5.10 Å². The van der Waals surface area contributed by atoms with Crippen molar-refractivity contribution in [1.82, 2.24) is 5.43 Å². The molecule has 0 bridgehead atoms. The summed E-state index contributed by atoms with van der Waals surface area (Å²) in [5.74, 6) is -0.468. The van der Waals surface area contributed by atoms with Crippen molar-refractivity contribution in [2.45, 2.75) is 6.54 Å². The van der Waals surface area contributed by atoms with Crippen molar-refractivity contribution >= 4 is 18.1 Å². The number of quaternary nitrogens is 2. The Morgan fingerprint density at radius 1 is 1.00 bits per heavy atom. The highest BCUT2D eigenvalue weighted by Crippen LogP contribution is 2.03. The van der Waals surface area contributed by atoms with E-state index in [0.29, 0.717) is 12.1 Å². The Morgan fingerprint density at radius 2 is 1.66 bits per heavy atom. The van der Waals surface area contributed by atoms with Crippen LogP contribution in [0.25, 0.3) is 0 Å². The molecule has 3 N–H and O–H groups in total. The van der Waals surface area contributed by atoms with Crippen LogP contribution in [0.2, 0.25) is 0 Å². The van der Waals surface area contributed by atoms with E-state index in [9.17, 15) is 9.59 Å². The molecule has 7 nitrogen and oxygen atoms in total. The van der Waals surface area contributed by atoms with Gasteiger partial charge >= 0.3 is 5.97 Å². The summed E-state index contributed by atoms with van der Waals surface area (Å²) < 4.78 is 4.66. The second kappa shape index (κ2) is 10.5. The first-order valence-electron chi connectivity index (χ1n) is 9.85. The van der Waals surface area contributed by atoms with Gasteiger partial charge < -0.3 is 14.5 Å². The molecule has 0 aliphatic carbocycles. The minimum absolute atomic E-state index is 0.0889. The van der Waals surface area contributed by atoms with Crippen molar-refractivity contribution in [2.75, 3.05) is 39.8 Å². The van der Waals surface area contributed by atoms with Gasteiger partial charge in [0, 0.05) is 5.56 Å². The zero-order valence-electron chi connectivity index (χ0n) is 16.7. The van der Waals surface area contributed by atoms with Crippen LogP contribution in [0.1, 0.15) is 21.5 Å². The molecule has 2 aromatic rings. The Hall–Kier alpha value is -3.03. The molecule has 1 aliphatic rings. The fraction of sp³-hybridized carbons (Fsp3) is 0.318. The Bertz CT molecular complexity index is 829. The highest BCUT2D eigenvalue weighted by molar-refractivity contribution is 5.90. The van der Waals surface area contributed by atoms with Crippen molar-refractivity contribution in [3.05, 3.63) is 71.3 Å². The second-order valence-electron chi connectivity index (χ2n) is 7.25.